The lowest BCUT2D eigenvalue weighted by Crippen LogP contribution is -2.54. The van der Waals surface area contributed by atoms with Crippen LogP contribution in [0, 0.1) is 5.41 Å². The molecule has 1 fully saturated rings. The Morgan fingerprint density at radius 3 is 2.79 bits per heavy atom. The molecular weight excluding hydrogens is 197 g/mol. The minimum atomic E-state index is 0.167. The van der Waals surface area contributed by atoms with Crippen LogP contribution in [0.2, 0.25) is 0 Å². The first-order valence-corrected chi connectivity index (χ1v) is 5.61. The van der Waals surface area contributed by atoms with E-state index in [0.29, 0.717) is 13.0 Å². The van der Waals surface area contributed by atoms with Crippen molar-refractivity contribution in [1.82, 2.24) is 4.90 Å². The molecule has 1 aliphatic rings. The van der Waals surface area contributed by atoms with Gasteiger partial charge < -0.3 is 9.42 Å². The summed E-state index contributed by atoms with van der Waals surface area (Å²) < 4.78 is 5.12. The number of amides is 1. The fraction of sp³-hybridized carbons (Fsp3) is 0.900. The lowest BCUT2D eigenvalue weighted by atomic mass is 9.76. The minimum absolute atomic E-state index is 0.167. The molecule has 1 rings (SSSR count). The Hall–Kier alpha value is -0.140. The molecule has 1 aliphatic heterocycles. The van der Waals surface area contributed by atoms with E-state index in [1.807, 2.05) is 11.8 Å². The molecule has 0 saturated carbocycles. The third-order valence-corrected chi connectivity index (χ3v) is 3.37. The fourth-order valence-electron chi connectivity index (χ4n) is 2.14. The summed E-state index contributed by atoms with van der Waals surface area (Å²) in [7, 11) is 2.27. The number of piperidine rings is 1. The van der Waals surface area contributed by atoms with Gasteiger partial charge in [0.05, 0.1) is 12.6 Å². The summed E-state index contributed by atoms with van der Waals surface area (Å²) in [5.74, 6) is 0.263. The van der Waals surface area contributed by atoms with Crippen LogP contribution in [0.1, 0.15) is 33.6 Å². The maximum absolute atomic E-state index is 11.7. The topological polar surface area (TPSA) is 29.5 Å². The van der Waals surface area contributed by atoms with Crippen molar-refractivity contribution >= 4 is 15.4 Å². The summed E-state index contributed by atoms with van der Waals surface area (Å²) in [5.41, 5.74) is 0.167. The van der Waals surface area contributed by atoms with Crippen LogP contribution in [0.25, 0.3) is 0 Å². The fourth-order valence-corrected chi connectivity index (χ4v) is 2.32. The van der Waals surface area contributed by atoms with Crippen LogP contribution >= 0.6 is 9.47 Å². The molecule has 0 spiro atoms. The highest BCUT2D eigenvalue weighted by molar-refractivity contribution is 7.09. The second-order valence-electron chi connectivity index (χ2n) is 4.52. The zero-order chi connectivity index (χ0) is 10.8. The first-order chi connectivity index (χ1) is 6.53. The van der Waals surface area contributed by atoms with Crippen LogP contribution in [0.3, 0.4) is 0 Å². The molecule has 3 nitrogen and oxygen atoms in total. The summed E-state index contributed by atoms with van der Waals surface area (Å²) in [6, 6.07) is 0.214. The number of carbonyl (C=O) groups excluding carboxylic acids is 1. The SMILES string of the molecule is CCN1C(=O)CCC(C)(C)C1COP. The average Bonchev–Trinajstić information content (AvgIpc) is 2.13. The number of rotatable bonds is 3. The number of likely N-dealkylation sites (N-methyl/N-ethyl adjacent to an activating group) is 1. The molecule has 0 aromatic rings. The third-order valence-electron chi connectivity index (χ3n) is 3.18. The van der Waals surface area contributed by atoms with Gasteiger partial charge in [-0.25, -0.2) is 0 Å². The number of hydrogen-bond donors (Lipinski definition) is 0. The van der Waals surface area contributed by atoms with E-state index in [2.05, 4.69) is 23.3 Å². The van der Waals surface area contributed by atoms with Crippen LogP contribution in [-0.2, 0) is 9.32 Å². The van der Waals surface area contributed by atoms with E-state index in [4.69, 9.17) is 4.52 Å². The number of hydrogen-bond acceptors (Lipinski definition) is 2. The van der Waals surface area contributed by atoms with Crippen molar-refractivity contribution < 1.29 is 9.32 Å². The molecule has 1 saturated heterocycles. The molecule has 4 heteroatoms. The molecule has 1 amide bonds. The molecule has 2 unspecified atom stereocenters. The van der Waals surface area contributed by atoms with Crippen LogP contribution in [-0.4, -0.2) is 30.0 Å². The molecule has 0 aromatic carbocycles. The van der Waals surface area contributed by atoms with Gasteiger partial charge in [-0.05, 0) is 18.8 Å². The molecule has 0 bridgehead atoms. The van der Waals surface area contributed by atoms with Crippen molar-refractivity contribution in [2.75, 3.05) is 13.2 Å². The summed E-state index contributed by atoms with van der Waals surface area (Å²) in [4.78, 5) is 13.6. The predicted molar refractivity (Wildman–Crippen MR) is 59.9 cm³/mol. The van der Waals surface area contributed by atoms with Crippen LogP contribution in [0.15, 0.2) is 0 Å². The standard InChI is InChI=1S/C10H20NO2P/c1-4-11-8(7-13-14)10(2,3)6-5-9(11)12/h8H,4-7,14H2,1-3H3. The number of nitrogens with zero attached hydrogens (tertiary/aromatic N) is 1. The van der Waals surface area contributed by atoms with E-state index in [1.54, 1.807) is 0 Å². The molecule has 0 radical (unpaired) electrons. The summed E-state index contributed by atoms with van der Waals surface area (Å²) in [6.45, 7) is 7.82. The quantitative estimate of drug-likeness (QED) is 0.675. The zero-order valence-corrected chi connectivity index (χ0v) is 10.4. The van der Waals surface area contributed by atoms with Crippen LogP contribution < -0.4 is 0 Å². The van der Waals surface area contributed by atoms with Gasteiger partial charge in [0.2, 0.25) is 5.91 Å². The van der Waals surface area contributed by atoms with Gasteiger partial charge in [-0.2, -0.15) is 0 Å². The van der Waals surface area contributed by atoms with E-state index in [9.17, 15) is 4.79 Å². The van der Waals surface area contributed by atoms with Crippen molar-refractivity contribution in [3.8, 4) is 0 Å². The second kappa shape index (κ2) is 4.59. The van der Waals surface area contributed by atoms with E-state index in [0.717, 1.165) is 13.0 Å². The number of likely N-dealkylation sites (tertiary alicyclic amines) is 1. The van der Waals surface area contributed by atoms with Gasteiger partial charge >= 0.3 is 0 Å². The summed E-state index contributed by atoms with van der Waals surface area (Å²) >= 11 is 0. The first-order valence-electron chi connectivity index (χ1n) is 5.14. The first kappa shape index (κ1) is 11.9. The summed E-state index contributed by atoms with van der Waals surface area (Å²) in [6.07, 6.45) is 1.63. The molecular formula is C10H20NO2P. The Morgan fingerprint density at radius 2 is 2.29 bits per heavy atom. The van der Waals surface area contributed by atoms with E-state index >= 15 is 0 Å². The van der Waals surface area contributed by atoms with E-state index in [-0.39, 0.29) is 17.4 Å². The predicted octanol–water partition coefficient (Wildman–Crippen LogP) is 1.83. The zero-order valence-electron chi connectivity index (χ0n) is 9.25. The Kier molecular flexibility index (Phi) is 3.91. The largest absolute Gasteiger partial charge is 0.363 e. The van der Waals surface area contributed by atoms with Gasteiger partial charge in [-0.1, -0.05) is 13.8 Å². The van der Waals surface area contributed by atoms with Crippen molar-refractivity contribution in [3.63, 3.8) is 0 Å². The molecule has 2 atom stereocenters. The monoisotopic (exact) mass is 217 g/mol. The Bertz CT molecular complexity index is 218. The van der Waals surface area contributed by atoms with Crippen molar-refractivity contribution in [2.45, 2.75) is 39.7 Å². The Labute approximate surface area is 88.5 Å². The van der Waals surface area contributed by atoms with Crippen molar-refractivity contribution in [1.29, 1.82) is 0 Å². The average molecular weight is 217 g/mol. The smallest absolute Gasteiger partial charge is 0.222 e. The van der Waals surface area contributed by atoms with Gasteiger partial charge in [-0.3, -0.25) is 4.79 Å². The van der Waals surface area contributed by atoms with Crippen molar-refractivity contribution in [3.05, 3.63) is 0 Å². The molecule has 14 heavy (non-hydrogen) atoms. The van der Waals surface area contributed by atoms with Gasteiger partial charge in [0.15, 0.2) is 0 Å². The highest BCUT2D eigenvalue weighted by Crippen LogP contribution is 2.35. The van der Waals surface area contributed by atoms with E-state index in [1.165, 1.54) is 0 Å². The molecule has 82 valence electrons. The minimum Gasteiger partial charge on any atom is -0.363 e. The second-order valence-corrected chi connectivity index (χ2v) is 4.85. The van der Waals surface area contributed by atoms with Gasteiger partial charge in [0.25, 0.3) is 0 Å². The molecule has 0 aromatic heterocycles. The summed E-state index contributed by atoms with van der Waals surface area (Å²) in [5, 5.41) is 0. The van der Waals surface area contributed by atoms with Crippen LogP contribution in [0.5, 0.6) is 0 Å². The van der Waals surface area contributed by atoms with Gasteiger partial charge in [0, 0.05) is 22.4 Å². The van der Waals surface area contributed by atoms with Gasteiger partial charge in [0.1, 0.15) is 0 Å². The third kappa shape index (κ3) is 2.26. The maximum Gasteiger partial charge on any atom is 0.222 e. The normalized spacial score (nSPS) is 26.7. The van der Waals surface area contributed by atoms with Crippen LogP contribution in [0.4, 0.5) is 0 Å². The molecule has 0 aliphatic carbocycles. The van der Waals surface area contributed by atoms with Crippen molar-refractivity contribution in [2.24, 2.45) is 5.41 Å². The van der Waals surface area contributed by atoms with E-state index < -0.39 is 0 Å². The highest BCUT2D eigenvalue weighted by Gasteiger charge is 2.40. The van der Waals surface area contributed by atoms with Gasteiger partial charge in [-0.15, -0.1) is 0 Å². The Morgan fingerprint density at radius 1 is 1.64 bits per heavy atom. The molecule has 0 N–H and O–H groups in total. The number of carbonyl (C=O) groups is 1. The lowest BCUT2D eigenvalue weighted by Gasteiger charge is -2.45. The maximum atomic E-state index is 11.7. The lowest BCUT2D eigenvalue weighted by molar-refractivity contribution is -0.143. The highest BCUT2D eigenvalue weighted by atomic mass is 31.0. The molecule has 1 heterocycles. The Balaban J connectivity index is 2.81.